The van der Waals surface area contributed by atoms with Gasteiger partial charge in [0.2, 0.25) is 10.0 Å². The first-order chi connectivity index (χ1) is 13.6. The summed E-state index contributed by atoms with van der Waals surface area (Å²) in [5, 5.41) is 0. The van der Waals surface area contributed by atoms with Gasteiger partial charge in [0.15, 0.2) is 0 Å². The van der Waals surface area contributed by atoms with Crippen molar-refractivity contribution in [2.45, 2.75) is 24.2 Å². The lowest BCUT2D eigenvalue weighted by atomic mass is 10.2. The van der Waals surface area contributed by atoms with Crippen molar-refractivity contribution in [2.24, 2.45) is 0 Å². The number of rotatable bonds is 6. The van der Waals surface area contributed by atoms with Crippen LogP contribution in [0.5, 0.6) is 0 Å². The van der Waals surface area contributed by atoms with E-state index in [0.29, 0.717) is 6.07 Å². The van der Waals surface area contributed by atoms with Gasteiger partial charge >= 0.3 is 6.18 Å². The molecule has 10 heteroatoms. The highest BCUT2D eigenvalue weighted by atomic mass is 32.2. The van der Waals surface area contributed by atoms with Crippen LogP contribution in [0.1, 0.15) is 16.9 Å². The molecular formula is C19H14F5NO3S. The van der Waals surface area contributed by atoms with Crippen LogP contribution in [0.3, 0.4) is 0 Å². The Kier molecular flexibility index (Phi) is 5.76. The second-order valence-corrected chi connectivity index (χ2v) is 8.05. The third-order valence-corrected chi connectivity index (χ3v) is 5.85. The Morgan fingerprint density at radius 3 is 2.34 bits per heavy atom. The first-order valence-electron chi connectivity index (χ1n) is 8.21. The van der Waals surface area contributed by atoms with Crippen LogP contribution in [-0.4, -0.2) is 12.7 Å². The number of furan rings is 1. The summed E-state index contributed by atoms with van der Waals surface area (Å²) in [7, 11) is -4.50. The molecule has 0 fully saturated rings. The third-order valence-electron chi connectivity index (χ3n) is 4.07. The SMILES string of the molecule is O=S(=O)(c1cccc(C(F)(F)F)c1)N(Cc1ccco1)Cc1cc(F)ccc1F. The molecular weight excluding hydrogens is 417 g/mol. The summed E-state index contributed by atoms with van der Waals surface area (Å²) in [6.07, 6.45) is -3.46. The first-order valence-corrected chi connectivity index (χ1v) is 9.65. The molecule has 0 N–H and O–H groups in total. The zero-order valence-electron chi connectivity index (χ0n) is 14.7. The minimum Gasteiger partial charge on any atom is -0.468 e. The number of hydrogen-bond acceptors (Lipinski definition) is 3. The van der Waals surface area contributed by atoms with E-state index < -0.39 is 44.8 Å². The molecule has 1 aromatic heterocycles. The molecule has 3 aromatic rings. The van der Waals surface area contributed by atoms with Crippen LogP contribution in [0.15, 0.2) is 70.2 Å². The largest absolute Gasteiger partial charge is 0.468 e. The molecule has 2 aromatic carbocycles. The first kappa shape index (κ1) is 21.0. The van der Waals surface area contributed by atoms with Crippen molar-refractivity contribution in [3.8, 4) is 0 Å². The van der Waals surface area contributed by atoms with E-state index in [2.05, 4.69) is 0 Å². The zero-order chi connectivity index (χ0) is 21.2. The highest BCUT2D eigenvalue weighted by molar-refractivity contribution is 7.89. The Bertz CT molecular complexity index is 1100. The van der Waals surface area contributed by atoms with Gasteiger partial charge in [-0.3, -0.25) is 0 Å². The summed E-state index contributed by atoms with van der Waals surface area (Å²) in [5.74, 6) is -1.46. The van der Waals surface area contributed by atoms with Crippen molar-refractivity contribution in [1.82, 2.24) is 4.31 Å². The maximum Gasteiger partial charge on any atom is 0.416 e. The Hall–Kier alpha value is -2.72. The molecule has 0 spiro atoms. The second-order valence-electron chi connectivity index (χ2n) is 6.11. The Morgan fingerprint density at radius 2 is 1.69 bits per heavy atom. The molecule has 29 heavy (non-hydrogen) atoms. The van der Waals surface area contributed by atoms with E-state index in [1.165, 1.54) is 18.4 Å². The molecule has 0 aliphatic rings. The smallest absolute Gasteiger partial charge is 0.416 e. The molecule has 0 bridgehead atoms. The lowest BCUT2D eigenvalue weighted by molar-refractivity contribution is -0.137. The summed E-state index contributed by atoms with van der Waals surface area (Å²) in [5.41, 5.74) is -1.42. The van der Waals surface area contributed by atoms with Gasteiger partial charge < -0.3 is 4.42 Å². The van der Waals surface area contributed by atoms with E-state index in [-0.39, 0.29) is 17.9 Å². The van der Waals surface area contributed by atoms with Crippen molar-refractivity contribution in [1.29, 1.82) is 0 Å². The van der Waals surface area contributed by atoms with Crippen LogP contribution in [0.4, 0.5) is 22.0 Å². The van der Waals surface area contributed by atoms with Gasteiger partial charge in [0.25, 0.3) is 0 Å². The van der Waals surface area contributed by atoms with E-state index in [4.69, 9.17) is 4.42 Å². The summed E-state index contributed by atoms with van der Waals surface area (Å²) in [6, 6.07) is 8.68. The van der Waals surface area contributed by atoms with Crippen molar-refractivity contribution in [3.05, 3.63) is 89.4 Å². The Labute approximate surface area is 163 Å². The third kappa shape index (κ3) is 4.83. The van der Waals surface area contributed by atoms with Gasteiger partial charge in [-0.05, 0) is 48.5 Å². The minimum absolute atomic E-state index is 0.178. The monoisotopic (exact) mass is 431 g/mol. The van der Waals surface area contributed by atoms with Gasteiger partial charge in [-0.1, -0.05) is 6.07 Å². The highest BCUT2D eigenvalue weighted by Crippen LogP contribution is 2.32. The molecule has 1 heterocycles. The van der Waals surface area contributed by atoms with Crippen molar-refractivity contribution < 1.29 is 34.8 Å². The van der Waals surface area contributed by atoms with Gasteiger partial charge in [0.1, 0.15) is 17.4 Å². The quantitative estimate of drug-likeness (QED) is 0.518. The predicted octanol–water partition coefficient (Wildman–Crippen LogP) is 4.97. The highest BCUT2D eigenvalue weighted by Gasteiger charge is 2.33. The van der Waals surface area contributed by atoms with E-state index in [1.807, 2.05) is 0 Å². The lowest BCUT2D eigenvalue weighted by Gasteiger charge is -2.22. The summed E-state index contributed by atoms with van der Waals surface area (Å²) in [6.45, 7) is -0.996. The van der Waals surface area contributed by atoms with Crippen molar-refractivity contribution in [2.75, 3.05) is 0 Å². The predicted molar refractivity (Wildman–Crippen MR) is 92.9 cm³/mol. The Balaban J connectivity index is 2.04. The normalized spacial score (nSPS) is 12.5. The van der Waals surface area contributed by atoms with Crippen LogP contribution in [0.2, 0.25) is 0 Å². The second kappa shape index (κ2) is 7.96. The molecule has 0 atom stereocenters. The average Bonchev–Trinajstić information content (AvgIpc) is 3.16. The topological polar surface area (TPSA) is 50.5 Å². The number of nitrogens with zero attached hydrogens (tertiary/aromatic N) is 1. The molecule has 154 valence electrons. The Morgan fingerprint density at radius 1 is 0.931 bits per heavy atom. The van der Waals surface area contributed by atoms with Gasteiger partial charge in [-0.15, -0.1) is 0 Å². The molecule has 0 radical (unpaired) electrons. The molecule has 0 saturated carbocycles. The van der Waals surface area contributed by atoms with Gasteiger partial charge in [-0.25, -0.2) is 17.2 Å². The minimum atomic E-state index is -4.74. The van der Waals surface area contributed by atoms with Gasteiger partial charge in [-0.2, -0.15) is 17.5 Å². The molecule has 0 aliphatic heterocycles. The van der Waals surface area contributed by atoms with E-state index >= 15 is 0 Å². The molecule has 0 aliphatic carbocycles. The number of halogens is 5. The molecule has 0 amide bonds. The van der Waals surface area contributed by atoms with Crippen LogP contribution >= 0.6 is 0 Å². The number of benzene rings is 2. The fourth-order valence-electron chi connectivity index (χ4n) is 2.64. The van der Waals surface area contributed by atoms with Crippen LogP contribution in [-0.2, 0) is 29.3 Å². The number of alkyl halides is 3. The molecule has 0 unspecified atom stereocenters. The van der Waals surface area contributed by atoms with Crippen LogP contribution < -0.4 is 0 Å². The van der Waals surface area contributed by atoms with Gasteiger partial charge in [0.05, 0.1) is 23.3 Å². The van der Waals surface area contributed by atoms with E-state index in [9.17, 15) is 30.4 Å². The lowest BCUT2D eigenvalue weighted by Crippen LogP contribution is -2.30. The maximum atomic E-state index is 14.1. The molecule has 4 nitrogen and oxygen atoms in total. The molecule has 3 rings (SSSR count). The zero-order valence-corrected chi connectivity index (χ0v) is 15.5. The number of hydrogen-bond donors (Lipinski definition) is 0. The summed E-state index contributed by atoms with van der Waals surface area (Å²) < 4.78 is 98.4. The molecule has 0 saturated heterocycles. The maximum absolute atomic E-state index is 14.1. The standard InChI is InChI=1S/C19H14F5NO3S/c20-15-6-7-18(21)13(9-15)11-25(12-16-4-2-8-28-16)29(26,27)17-5-1-3-14(10-17)19(22,23)24/h1-10H,11-12H2. The fourth-order valence-corrected chi connectivity index (χ4v) is 4.07. The van der Waals surface area contributed by atoms with Crippen molar-refractivity contribution >= 4 is 10.0 Å². The summed E-state index contributed by atoms with van der Waals surface area (Å²) in [4.78, 5) is -0.629. The van der Waals surface area contributed by atoms with Gasteiger partial charge in [0, 0.05) is 12.1 Å². The summed E-state index contributed by atoms with van der Waals surface area (Å²) >= 11 is 0. The van der Waals surface area contributed by atoms with Crippen LogP contribution in [0, 0.1) is 11.6 Å². The van der Waals surface area contributed by atoms with E-state index in [0.717, 1.165) is 40.7 Å². The van der Waals surface area contributed by atoms with Crippen molar-refractivity contribution in [3.63, 3.8) is 0 Å². The van der Waals surface area contributed by atoms with E-state index in [1.54, 1.807) is 0 Å². The average molecular weight is 431 g/mol. The van der Waals surface area contributed by atoms with Crippen LogP contribution in [0.25, 0.3) is 0 Å². The fraction of sp³-hybridized carbons (Fsp3) is 0.158. The number of sulfonamides is 1.